The van der Waals surface area contributed by atoms with Crippen molar-refractivity contribution in [2.24, 2.45) is 0 Å². The molecule has 0 saturated heterocycles. The van der Waals surface area contributed by atoms with Gasteiger partial charge in [-0.15, -0.1) is 0 Å². The van der Waals surface area contributed by atoms with Gasteiger partial charge in [0.25, 0.3) is 5.69 Å². The first-order valence-corrected chi connectivity index (χ1v) is 11.4. The monoisotopic (exact) mass is 453 g/mol. The third kappa shape index (κ3) is 4.35. The van der Waals surface area contributed by atoms with Crippen molar-refractivity contribution < 1.29 is 13.3 Å². The summed E-state index contributed by atoms with van der Waals surface area (Å²) in [6.45, 7) is 0. The number of nitro benzene ring substituents is 1. The molecule has 31 heavy (non-hydrogen) atoms. The van der Waals surface area contributed by atoms with Gasteiger partial charge in [-0.05, 0) is 54.6 Å². The van der Waals surface area contributed by atoms with Crippen LogP contribution in [0.25, 0.3) is 28.2 Å². The van der Waals surface area contributed by atoms with Gasteiger partial charge in [0.2, 0.25) is 0 Å². The Morgan fingerprint density at radius 1 is 0.903 bits per heavy atom. The number of hydrogen-bond acceptors (Lipinski definition) is 5. The van der Waals surface area contributed by atoms with E-state index in [0.29, 0.717) is 22.0 Å². The highest BCUT2D eigenvalue weighted by Gasteiger charge is 2.15. The van der Waals surface area contributed by atoms with Crippen LogP contribution in [0.15, 0.2) is 83.8 Å². The first-order valence-electron chi connectivity index (χ1n) is 9.14. The van der Waals surface area contributed by atoms with Crippen LogP contribution in [0.4, 0.5) is 5.69 Å². The van der Waals surface area contributed by atoms with E-state index in [1.54, 1.807) is 41.1 Å². The SMILES string of the molecule is CS(=O)(=O)c1ccc(-n2nc(-c3ccc([N+](=O)[O-])cc3)cc2-c2ccc(Cl)cc2)cc1. The zero-order valence-electron chi connectivity index (χ0n) is 16.3. The van der Waals surface area contributed by atoms with Crippen molar-refractivity contribution in [1.29, 1.82) is 0 Å². The predicted octanol–water partition coefficient (Wildman–Crippen LogP) is 5.17. The van der Waals surface area contributed by atoms with Crippen molar-refractivity contribution >= 4 is 27.1 Å². The van der Waals surface area contributed by atoms with Crippen molar-refractivity contribution in [1.82, 2.24) is 9.78 Å². The van der Waals surface area contributed by atoms with Gasteiger partial charge in [-0.2, -0.15) is 5.10 Å². The number of halogens is 1. The van der Waals surface area contributed by atoms with Gasteiger partial charge in [-0.3, -0.25) is 10.1 Å². The number of hydrogen-bond donors (Lipinski definition) is 0. The summed E-state index contributed by atoms with van der Waals surface area (Å²) in [5.74, 6) is 0. The summed E-state index contributed by atoms with van der Waals surface area (Å²) in [5, 5.41) is 16.2. The molecule has 0 aliphatic carbocycles. The van der Waals surface area contributed by atoms with Crippen molar-refractivity contribution in [2.75, 3.05) is 6.26 Å². The molecule has 0 aliphatic heterocycles. The molecule has 4 rings (SSSR count). The topological polar surface area (TPSA) is 95.1 Å². The predicted molar refractivity (Wildman–Crippen MR) is 119 cm³/mol. The van der Waals surface area contributed by atoms with Crippen LogP contribution in [0.2, 0.25) is 5.02 Å². The Morgan fingerprint density at radius 2 is 1.48 bits per heavy atom. The van der Waals surface area contributed by atoms with Gasteiger partial charge < -0.3 is 0 Å². The highest BCUT2D eigenvalue weighted by atomic mass is 35.5. The maximum absolute atomic E-state index is 11.8. The van der Waals surface area contributed by atoms with Crippen LogP contribution in [0.1, 0.15) is 0 Å². The van der Waals surface area contributed by atoms with Gasteiger partial charge >= 0.3 is 0 Å². The molecular weight excluding hydrogens is 438 g/mol. The molecule has 1 aromatic heterocycles. The third-order valence-electron chi connectivity index (χ3n) is 4.73. The average molecular weight is 454 g/mol. The van der Waals surface area contributed by atoms with Crippen LogP contribution in [0.3, 0.4) is 0 Å². The minimum absolute atomic E-state index is 0.00234. The number of rotatable bonds is 5. The Hall–Kier alpha value is -3.49. The van der Waals surface area contributed by atoms with Crippen molar-refractivity contribution in [3.05, 3.63) is 94.0 Å². The lowest BCUT2D eigenvalue weighted by molar-refractivity contribution is -0.384. The van der Waals surface area contributed by atoms with Gasteiger partial charge in [0.15, 0.2) is 9.84 Å². The van der Waals surface area contributed by atoms with Gasteiger partial charge in [0, 0.05) is 34.5 Å². The van der Waals surface area contributed by atoms with E-state index in [9.17, 15) is 18.5 Å². The molecule has 7 nitrogen and oxygen atoms in total. The second-order valence-electron chi connectivity index (χ2n) is 6.90. The summed E-state index contributed by atoms with van der Waals surface area (Å²) in [6, 6.07) is 21.7. The molecule has 4 aromatic rings. The van der Waals surface area contributed by atoms with E-state index in [4.69, 9.17) is 11.6 Å². The summed E-state index contributed by atoms with van der Waals surface area (Å²) in [7, 11) is -3.32. The standard InChI is InChI=1S/C22H16ClN3O4S/c1-31(29,30)20-12-10-18(11-13-20)25-22(16-2-6-17(23)7-3-16)14-21(24-25)15-4-8-19(9-5-15)26(27)28/h2-14H,1H3. The van der Waals surface area contributed by atoms with E-state index in [0.717, 1.165) is 17.5 Å². The van der Waals surface area contributed by atoms with Crippen molar-refractivity contribution in [3.8, 4) is 28.2 Å². The molecule has 0 aliphatic rings. The van der Waals surface area contributed by atoms with Crippen LogP contribution in [-0.2, 0) is 9.84 Å². The molecule has 0 spiro atoms. The first-order chi connectivity index (χ1) is 14.7. The summed E-state index contributed by atoms with van der Waals surface area (Å²) >= 11 is 6.02. The fourth-order valence-corrected chi connectivity index (χ4v) is 3.89. The maximum Gasteiger partial charge on any atom is 0.269 e. The molecule has 156 valence electrons. The molecule has 0 radical (unpaired) electrons. The largest absolute Gasteiger partial charge is 0.269 e. The van der Waals surface area contributed by atoms with Crippen LogP contribution < -0.4 is 0 Å². The minimum atomic E-state index is -3.32. The molecular formula is C22H16ClN3O4S. The van der Waals surface area contributed by atoms with Crippen LogP contribution in [0.5, 0.6) is 0 Å². The Balaban J connectivity index is 1.84. The number of benzene rings is 3. The summed E-state index contributed by atoms with van der Waals surface area (Å²) in [6.07, 6.45) is 1.15. The average Bonchev–Trinajstić information content (AvgIpc) is 3.19. The van der Waals surface area contributed by atoms with Crippen LogP contribution in [-0.4, -0.2) is 29.4 Å². The van der Waals surface area contributed by atoms with Gasteiger partial charge in [0.05, 0.1) is 26.9 Å². The Kier molecular flexibility index (Phi) is 5.34. The smallest absolute Gasteiger partial charge is 0.258 e. The summed E-state index contributed by atoms with van der Waals surface area (Å²) in [4.78, 5) is 10.7. The second-order valence-corrected chi connectivity index (χ2v) is 9.36. The maximum atomic E-state index is 11.8. The molecule has 0 fully saturated rings. The molecule has 0 atom stereocenters. The summed E-state index contributed by atoms with van der Waals surface area (Å²) in [5.41, 5.74) is 3.62. The van der Waals surface area contributed by atoms with E-state index in [-0.39, 0.29) is 10.6 Å². The third-order valence-corrected chi connectivity index (χ3v) is 6.11. The lowest BCUT2D eigenvalue weighted by atomic mass is 10.1. The Bertz CT molecular complexity index is 1360. The minimum Gasteiger partial charge on any atom is -0.258 e. The van der Waals surface area contributed by atoms with Crippen LogP contribution in [0, 0.1) is 10.1 Å². The van der Waals surface area contributed by atoms with E-state index in [2.05, 4.69) is 5.10 Å². The van der Waals surface area contributed by atoms with E-state index in [1.807, 2.05) is 18.2 Å². The van der Waals surface area contributed by atoms with Crippen molar-refractivity contribution in [2.45, 2.75) is 4.90 Å². The molecule has 0 N–H and O–H groups in total. The molecule has 9 heteroatoms. The lowest BCUT2D eigenvalue weighted by Gasteiger charge is -2.08. The van der Waals surface area contributed by atoms with Gasteiger partial charge in [-0.25, -0.2) is 13.1 Å². The Labute approximate surface area is 183 Å². The number of nitro groups is 1. The molecule has 1 heterocycles. The van der Waals surface area contributed by atoms with Crippen molar-refractivity contribution in [3.63, 3.8) is 0 Å². The molecule has 0 saturated carbocycles. The zero-order chi connectivity index (χ0) is 22.2. The van der Waals surface area contributed by atoms with E-state index < -0.39 is 14.8 Å². The lowest BCUT2D eigenvalue weighted by Crippen LogP contribution is -2.01. The number of non-ortho nitro benzene ring substituents is 1. The van der Waals surface area contributed by atoms with E-state index >= 15 is 0 Å². The molecule has 0 bridgehead atoms. The highest BCUT2D eigenvalue weighted by Crippen LogP contribution is 2.30. The fourth-order valence-electron chi connectivity index (χ4n) is 3.13. The summed E-state index contributed by atoms with van der Waals surface area (Å²) < 4.78 is 25.3. The Morgan fingerprint density at radius 3 is 2.03 bits per heavy atom. The number of sulfone groups is 1. The van der Waals surface area contributed by atoms with Gasteiger partial charge in [0.1, 0.15) is 0 Å². The number of aromatic nitrogens is 2. The highest BCUT2D eigenvalue weighted by molar-refractivity contribution is 7.90. The first kappa shape index (κ1) is 20.8. The quantitative estimate of drug-likeness (QED) is 0.307. The van der Waals surface area contributed by atoms with Gasteiger partial charge in [-0.1, -0.05) is 23.7 Å². The second kappa shape index (κ2) is 7.98. The number of nitrogens with zero attached hydrogens (tertiary/aromatic N) is 3. The molecule has 0 amide bonds. The zero-order valence-corrected chi connectivity index (χ0v) is 17.8. The van der Waals surface area contributed by atoms with E-state index in [1.165, 1.54) is 24.3 Å². The molecule has 3 aromatic carbocycles. The fraction of sp³-hybridized carbons (Fsp3) is 0.0455. The normalized spacial score (nSPS) is 11.4. The van der Waals surface area contributed by atoms with Crippen LogP contribution >= 0.6 is 11.6 Å². The molecule has 0 unspecified atom stereocenters.